The molecule has 0 saturated carbocycles. The van der Waals surface area contributed by atoms with Crippen LogP contribution in [0.4, 0.5) is 0 Å². The summed E-state index contributed by atoms with van der Waals surface area (Å²) in [6.45, 7) is 0.489. The van der Waals surface area contributed by atoms with Gasteiger partial charge in [0.2, 0.25) is 0 Å². The molecule has 144 valence electrons. The molecule has 3 aromatic carbocycles. The van der Waals surface area contributed by atoms with Crippen molar-refractivity contribution in [3.63, 3.8) is 0 Å². The fraction of sp³-hybridized carbons (Fsp3) is 0.0870. The van der Waals surface area contributed by atoms with Gasteiger partial charge in [0.1, 0.15) is 0 Å². The number of hydrogen-bond donors (Lipinski definition) is 1. The number of rotatable bonds is 5. The molecule has 0 radical (unpaired) electrons. The van der Waals surface area contributed by atoms with Crippen molar-refractivity contribution in [1.29, 1.82) is 0 Å². The van der Waals surface area contributed by atoms with Crippen LogP contribution in [0.25, 0.3) is 0 Å². The van der Waals surface area contributed by atoms with Crippen LogP contribution >= 0.6 is 11.6 Å². The van der Waals surface area contributed by atoms with E-state index in [1.807, 2.05) is 12.1 Å². The number of carbonyl (C=O) groups excluding carboxylic acids is 3. The maximum Gasteiger partial charge on any atom is 0.261 e. The largest absolute Gasteiger partial charge is 0.348 e. The predicted octanol–water partition coefficient (Wildman–Crippen LogP) is 4.07. The fourth-order valence-corrected chi connectivity index (χ4v) is 3.39. The van der Waals surface area contributed by atoms with Gasteiger partial charge in [0, 0.05) is 17.1 Å². The summed E-state index contributed by atoms with van der Waals surface area (Å²) in [5.74, 6) is -0.865. The first-order valence-corrected chi connectivity index (χ1v) is 9.47. The Morgan fingerprint density at radius 2 is 1.48 bits per heavy atom. The first-order chi connectivity index (χ1) is 14.0. The molecule has 5 nitrogen and oxygen atoms in total. The molecule has 1 N–H and O–H groups in total. The third-order valence-electron chi connectivity index (χ3n) is 4.77. The van der Waals surface area contributed by atoms with Gasteiger partial charge in [-0.05, 0) is 47.5 Å². The van der Waals surface area contributed by atoms with Gasteiger partial charge in [-0.3, -0.25) is 19.3 Å². The summed E-state index contributed by atoms with van der Waals surface area (Å²) in [5.41, 5.74) is 2.93. The van der Waals surface area contributed by atoms with Crippen molar-refractivity contribution in [2.24, 2.45) is 0 Å². The molecule has 0 atom stereocenters. The normalized spacial score (nSPS) is 12.8. The van der Waals surface area contributed by atoms with E-state index in [4.69, 9.17) is 11.6 Å². The molecule has 0 aromatic heterocycles. The highest BCUT2D eigenvalue weighted by atomic mass is 35.5. The quantitative estimate of drug-likeness (QED) is 0.652. The summed E-state index contributed by atoms with van der Waals surface area (Å²) < 4.78 is 0. The Kier molecular flexibility index (Phi) is 5.14. The monoisotopic (exact) mass is 404 g/mol. The van der Waals surface area contributed by atoms with Crippen LogP contribution in [-0.2, 0) is 13.1 Å². The van der Waals surface area contributed by atoms with Gasteiger partial charge >= 0.3 is 0 Å². The molecule has 4 rings (SSSR count). The zero-order chi connectivity index (χ0) is 20.4. The zero-order valence-electron chi connectivity index (χ0n) is 15.4. The van der Waals surface area contributed by atoms with Gasteiger partial charge in [-0.2, -0.15) is 0 Å². The number of halogens is 1. The average molecular weight is 405 g/mol. The van der Waals surface area contributed by atoms with Crippen molar-refractivity contribution in [3.05, 3.63) is 106 Å². The minimum atomic E-state index is -0.316. The van der Waals surface area contributed by atoms with Crippen LogP contribution in [0.5, 0.6) is 0 Å². The first-order valence-electron chi connectivity index (χ1n) is 9.10. The lowest BCUT2D eigenvalue weighted by atomic mass is 10.1. The van der Waals surface area contributed by atoms with Crippen molar-refractivity contribution in [1.82, 2.24) is 10.2 Å². The van der Waals surface area contributed by atoms with E-state index >= 15 is 0 Å². The van der Waals surface area contributed by atoms with Crippen LogP contribution < -0.4 is 5.32 Å². The Bertz CT molecular complexity index is 1070. The molecule has 1 aliphatic rings. The summed E-state index contributed by atoms with van der Waals surface area (Å²) in [6.07, 6.45) is 0. The standard InChI is InChI=1S/C23H17ClN2O3/c24-18-10-8-15(9-11-18)13-25-21(27)17-5-3-4-16(12-17)14-26-22(28)19-6-1-2-7-20(19)23(26)29/h1-12H,13-14H2,(H,25,27). The number of amides is 3. The Hall–Kier alpha value is -3.44. The van der Waals surface area contributed by atoms with Gasteiger partial charge in [0.15, 0.2) is 0 Å². The third kappa shape index (κ3) is 3.91. The number of hydrogen-bond acceptors (Lipinski definition) is 3. The van der Waals surface area contributed by atoms with Crippen LogP contribution in [-0.4, -0.2) is 22.6 Å². The van der Waals surface area contributed by atoms with Crippen molar-refractivity contribution < 1.29 is 14.4 Å². The maximum atomic E-state index is 12.5. The molecular weight excluding hydrogens is 388 g/mol. The molecule has 0 saturated heterocycles. The number of nitrogens with one attached hydrogen (secondary N) is 1. The molecule has 0 bridgehead atoms. The van der Waals surface area contributed by atoms with Crippen molar-refractivity contribution in [3.8, 4) is 0 Å². The van der Waals surface area contributed by atoms with E-state index in [0.29, 0.717) is 33.8 Å². The Balaban J connectivity index is 1.45. The van der Waals surface area contributed by atoms with E-state index in [9.17, 15) is 14.4 Å². The van der Waals surface area contributed by atoms with E-state index in [1.165, 1.54) is 4.90 Å². The van der Waals surface area contributed by atoms with Gasteiger partial charge in [-0.25, -0.2) is 0 Å². The van der Waals surface area contributed by atoms with Crippen molar-refractivity contribution in [2.45, 2.75) is 13.1 Å². The van der Waals surface area contributed by atoms with E-state index in [1.54, 1.807) is 60.7 Å². The number of nitrogens with zero attached hydrogens (tertiary/aromatic N) is 1. The second-order valence-corrected chi connectivity index (χ2v) is 7.19. The van der Waals surface area contributed by atoms with E-state index in [0.717, 1.165) is 5.56 Å². The van der Waals surface area contributed by atoms with Crippen LogP contribution in [0.1, 0.15) is 42.2 Å². The smallest absolute Gasteiger partial charge is 0.261 e. The molecule has 1 aliphatic heterocycles. The molecule has 3 amide bonds. The summed E-state index contributed by atoms with van der Waals surface area (Å²) in [4.78, 5) is 38.8. The summed E-state index contributed by atoms with van der Waals surface area (Å²) in [7, 11) is 0. The van der Waals surface area contributed by atoms with E-state index < -0.39 is 0 Å². The zero-order valence-corrected chi connectivity index (χ0v) is 16.1. The van der Waals surface area contributed by atoms with E-state index in [2.05, 4.69) is 5.32 Å². The van der Waals surface area contributed by atoms with E-state index in [-0.39, 0.29) is 24.3 Å². The number of carbonyl (C=O) groups is 3. The van der Waals surface area contributed by atoms with Gasteiger partial charge in [0.25, 0.3) is 17.7 Å². The SMILES string of the molecule is O=C(NCc1ccc(Cl)cc1)c1cccc(CN2C(=O)c3ccccc3C2=O)c1. The highest BCUT2D eigenvalue weighted by Gasteiger charge is 2.34. The minimum absolute atomic E-state index is 0.116. The van der Waals surface area contributed by atoms with Gasteiger partial charge in [0.05, 0.1) is 17.7 Å². The minimum Gasteiger partial charge on any atom is -0.348 e. The van der Waals surface area contributed by atoms with Crippen molar-refractivity contribution >= 4 is 29.3 Å². The van der Waals surface area contributed by atoms with Crippen LogP contribution in [0.2, 0.25) is 5.02 Å². The Morgan fingerprint density at radius 1 is 0.828 bits per heavy atom. The number of benzene rings is 3. The predicted molar refractivity (Wildman–Crippen MR) is 110 cm³/mol. The molecule has 29 heavy (non-hydrogen) atoms. The number of imide groups is 1. The second-order valence-electron chi connectivity index (χ2n) is 6.75. The van der Waals surface area contributed by atoms with Crippen LogP contribution in [0, 0.1) is 0 Å². The Labute approximate surface area is 172 Å². The molecule has 0 spiro atoms. The first kappa shape index (κ1) is 18.9. The lowest BCUT2D eigenvalue weighted by molar-refractivity contribution is 0.0642. The highest BCUT2D eigenvalue weighted by molar-refractivity contribution is 6.30. The molecule has 0 unspecified atom stereocenters. The van der Waals surface area contributed by atoms with Crippen molar-refractivity contribution in [2.75, 3.05) is 0 Å². The summed E-state index contributed by atoms with van der Waals surface area (Å²) >= 11 is 5.87. The van der Waals surface area contributed by atoms with Gasteiger partial charge in [-0.1, -0.05) is 48.0 Å². The van der Waals surface area contributed by atoms with Crippen LogP contribution in [0.15, 0.2) is 72.8 Å². The fourth-order valence-electron chi connectivity index (χ4n) is 3.26. The lowest BCUT2D eigenvalue weighted by Crippen LogP contribution is -2.29. The van der Waals surface area contributed by atoms with Gasteiger partial charge < -0.3 is 5.32 Å². The molecule has 6 heteroatoms. The number of fused-ring (bicyclic) bond motifs is 1. The highest BCUT2D eigenvalue weighted by Crippen LogP contribution is 2.24. The van der Waals surface area contributed by atoms with Crippen LogP contribution in [0.3, 0.4) is 0 Å². The molecule has 0 fully saturated rings. The molecular formula is C23H17ClN2O3. The molecule has 0 aliphatic carbocycles. The summed E-state index contributed by atoms with van der Waals surface area (Å²) in [5, 5.41) is 3.50. The maximum absolute atomic E-state index is 12.5. The lowest BCUT2D eigenvalue weighted by Gasteiger charge is -2.14. The topological polar surface area (TPSA) is 66.5 Å². The molecule has 3 aromatic rings. The van der Waals surface area contributed by atoms with Gasteiger partial charge in [-0.15, -0.1) is 0 Å². The average Bonchev–Trinajstić information content (AvgIpc) is 2.98. The third-order valence-corrected chi connectivity index (χ3v) is 5.03. The summed E-state index contributed by atoms with van der Waals surface area (Å²) in [6, 6.07) is 20.9. The Morgan fingerprint density at radius 3 is 2.14 bits per heavy atom. The second kappa shape index (κ2) is 7.89. The molecule has 1 heterocycles.